The van der Waals surface area contributed by atoms with Gasteiger partial charge in [-0.1, -0.05) is 26.0 Å². The van der Waals surface area contributed by atoms with Gasteiger partial charge in [-0.05, 0) is 48.1 Å². The van der Waals surface area contributed by atoms with Gasteiger partial charge in [-0.15, -0.1) is 0 Å². The Bertz CT molecular complexity index is 983. The third kappa shape index (κ3) is 4.63. The average Bonchev–Trinajstić information content (AvgIpc) is 3.09. The molecule has 0 radical (unpaired) electrons. The van der Waals surface area contributed by atoms with E-state index in [1.807, 2.05) is 0 Å². The first-order valence-electron chi connectivity index (χ1n) is 10.3. The largest absolute Gasteiger partial charge is 0.447 e. The van der Waals surface area contributed by atoms with Crippen molar-refractivity contribution in [3.63, 3.8) is 0 Å². The molecule has 166 valence electrons. The molecule has 0 spiro atoms. The van der Waals surface area contributed by atoms with E-state index in [2.05, 4.69) is 18.7 Å². The Hall–Kier alpha value is -2.74. The highest BCUT2D eigenvalue weighted by Gasteiger charge is 2.36. The summed E-state index contributed by atoms with van der Waals surface area (Å²) in [5, 5.41) is 0. The van der Waals surface area contributed by atoms with E-state index >= 15 is 0 Å². The lowest BCUT2D eigenvalue weighted by molar-refractivity contribution is -0.138. The lowest BCUT2D eigenvalue weighted by Crippen LogP contribution is -2.38. The Kier molecular flexibility index (Phi) is 5.60. The van der Waals surface area contributed by atoms with E-state index in [1.165, 1.54) is 24.3 Å². The maximum Gasteiger partial charge on any atom is 0.416 e. The van der Waals surface area contributed by atoms with Gasteiger partial charge in [0.15, 0.2) is 11.5 Å². The molecule has 5 nitrogen and oxygen atoms in total. The van der Waals surface area contributed by atoms with Gasteiger partial charge in [0.25, 0.3) is 6.29 Å². The van der Waals surface area contributed by atoms with Gasteiger partial charge in [0, 0.05) is 30.8 Å². The molecular weight excluding hydrogens is 409 g/mol. The highest BCUT2D eigenvalue weighted by molar-refractivity contribution is 5.93. The average molecular weight is 434 g/mol. The molecule has 4 rings (SSSR count). The minimum absolute atomic E-state index is 0.235. The molecule has 31 heavy (non-hydrogen) atoms. The van der Waals surface area contributed by atoms with Crippen molar-refractivity contribution < 1.29 is 27.4 Å². The van der Waals surface area contributed by atoms with Crippen LogP contribution in [-0.4, -0.2) is 23.9 Å². The topological polar surface area (TPSA) is 64.8 Å². The fraction of sp³-hybridized carbons (Fsp3) is 0.435. The van der Waals surface area contributed by atoms with Crippen molar-refractivity contribution >= 4 is 5.91 Å². The highest BCUT2D eigenvalue weighted by atomic mass is 19.4. The minimum Gasteiger partial charge on any atom is -0.447 e. The quantitative estimate of drug-likeness (QED) is 0.754. The number of primary amides is 1. The van der Waals surface area contributed by atoms with Crippen LogP contribution in [0.2, 0.25) is 0 Å². The Labute approximate surface area is 178 Å². The second-order valence-electron chi connectivity index (χ2n) is 8.65. The number of halogens is 3. The molecule has 2 heterocycles. The van der Waals surface area contributed by atoms with Gasteiger partial charge >= 0.3 is 6.18 Å². The van der Waals surface area contributed by atoms with Crippen LogP contribution in [0.25, 0.3) is 0 Å². The smallest absolute Gasteiger partial charge is 0.416 e. The van der Waals surface area contributed by atoms with Crippen molar-refractivity contribution in [2.75, 3.05) is 13.1 Å². The molecule has 3 unspecified atom stereocenters. The summed E-state index contributed by atoms with van der Waals surface area (Å²) < 4.78 is 53.0. The van der Waals surface area contributed by atoms with E-state index in [4.69, 9.17) is 15.2 Å². The molecule has 1 fully saturated rings. The fourth-order valence-electron chi connectivity index (χ4n) is 4.55. The van der Waals surface area contributed by atoms with Crippen LogP contribution in [0, 0.1) is 11.8 Å². The minimum atomic E-state index is -4.50. The van der Waals surface area contributed by atoms with Crippen molar-refractivity contribution in [3.05, 3.63) is 58.7 Å². The van der Waals surface area contributed by atoms with E-state index in [1.54, 1.807) is 6.07 Å². The number of alkyl halides is 3. The van der Waals surface area contributed by atoms with Gasteiger partial charge in [-0.2, -0.15) is 13.2 Å². The summed E-state index contributed by atoms with van der Waals surface area (Å²) in [4.78, 5) is 13.4. The molecule has 2 aromatic carbocycles. The van der Waals surface area contributed by atoms with Gasteiger partial charge in [-0.3, -0.25) is 9.69 Å². The molecule has 2 N–H and O–H groups in total. The van der Waals surface area contributed by atoms with Crippen molar-refractivity contribution in [2.45, 2.75) is 39.3 Å². The number of amides is 1. The Morgan fingerprint density at radius 2 is 1.74 bits per heavy atom. The molecule has 2 aliphatic heterocycles. The van der Waals surface area contributed by atoms with Crippen LogP contribution in [0.15, 0.2) is 36.4 Å². The zero-order chi connectivity index (χ0) is 22.3. The number of carbonyl (C=O) groups excluding carboxylic acids is 1. The van der Waals surface area contributed by atoms with Gasteiger partial charge in [0.05, 0.1) is 5.56 Å². The number of hydrogen-bond acceptors (Lipinski definition) is 4. The maximum absolute atomic E-state index is 13.9. The van der Waals surface area contributed by atoms with Crippen LogP contribution in [0.3, 0.4) is 0 Å². The van der Waals surface area contributed by atoms with Crippen LogP contribution in [0.1, 0.15) is 53.6 Å². The summed E-state index contributed by atoms with van der Waals surface area (Å²) in [6, 6.07) is 8.64. The zero-order valence-electron chi connectivity index (χ0n) is 17.4. The summed E-state index contributed by atoms with van der Waals surface area (Å²) >= 11 is 0. The summed E-state index contributed by atoms with van der Waals surface area (Å²) in [7, 11) is 0. The van der Waals surface area contributed by atoms with E-state index in [9.17, 15) is 18.0 Å². The van der Waals surface area contributed by atoms with Crippen molar-refractivity contribution in [1.82, 2.24) is 4.90 Å². The Balaban J connectivity index is 1.58. The van der Waals surface area contributed by atoms with E-state index in [0.717, 1.165) is 25.6 Å². The number of hydrogen-bond donors (Lipinski definition) is 1. The maximum atomic E-state index is 13.9. The van der Waals surface area contributed by atoms with E-state index in [-0.39, 0.29) is 29.0 Å². The predicted molar refractivity (Wildman–Crippen MR) is 109 cm³/mol. The van der Waals surface area contributed by atoms with Crippen LogP contribution in [0.5, 0.6) is 11.5 Å². The Morgan fingerprint density at radius 1 is 1.06 bits per heavy atom. The molecule has 0 saturated carbocycles. The number of carbonyl (C=O) groups is 1. The van der Waals surface area contributed by atoms with Crippen LogP contribution in [0.4, 0.5) is 13.2 Å². The number of nitrogens with two attached hydrogens (primary N) is 1. The van der Waals surface area contributed by atoms with Gasteiger partial charge in [0.2, 0.25) is 5.91 Å². The summed E-state index contributed by atoms with van der Waals surface area (Å²) in [5.74, 6) is 0.918. The summed E-state index contributed by atoms with van der Waals surface area (Å²) in [6.45, 7) is 6.09. The first-order chi connectivity index (χ1) is 14.6. The first kappa shape index (κ1) is 21.5. The first-order valence-corrected chi connectivity index (χ1v) is 10.3. The molecular formula is C23H25F3N2O3. The molecule has 0 aliphatic carbocycles. The van der Waals surface area contributed by atoms with Crippen LogP contribution >= 0.6 is 0 Å². The summed E-state index contributed by atoms with van der Waals surface area (Å²) in [5.41, 5.74) is 5.32. The monoisotopic (exact) mass is 434 g/mol. The number of benzene rings is 2. The normalized spacial score (nSPS) is 23.7. The SMILES string of the molecule is CC1CC(C)CN(Cc2ccc(C3Oc4ccc(C(N)=O)cc4O3)cc2C(F)(F)F)C1. The molecule has 2 aromatic rings. The summed E-state index contributed by atoms with van der Waals surface area (Å²) in [6.07, 6.45) is -4.43. The molecule has 1 saturated heterocycles. The van der Waals surface area contributed by atoms with Crippen LogP contribution < -0.4 is 15.2 Å². The Morgan fingerprint density at radius 3 is 2.39 bits per heavy atom. The number of rotatable bonds is 4. The number of nitrogens with zero attached hydrogens (tertiary/aromatic N) is 1. The van der Waals surface area contributed by atoms with Crippen molar-refractivity contribution in [2.24, 2.45) is 17.6 Å². The number of likely N-dealkylation sites (tertiary alicyclic amines) is 1. The molecule has 2 aliphatic rings. The van der Waals surface area contributed by atoms with E-state index < -0.39 is 23.9 Å². The zero-order valence-corrected chi connectivity index (χ0v) is 17.4. The molecule has 8 heteroatoms. The number of ether oxygens (including phenoxy) is 2. The standard InChI is InChI=1S/C23H25F3N2O3/c1-13-7-14(2)11-28(10-13)12-17-4-3-16(8-18(17)23(24,25)26)22-30-19-6-5-15(21(27)29)9-20(19)31-22/h3-6,8-9,13-14,22H,7,10-12H2,1-2H3,(H2,27,29). The van der Waals surface area contributed by atoms with Crippen LogP contribution in [-0.2, 0) is 12.7 Å². The van der Waals surface area contributed by atoms with E-state index in [0.29, 0.717) is 17.6 Å². The predicted octanol–water partition coefficient (Wildman–Crippen LogP) is 4.75. The second kappa shape index (κ2) is 8.07. The lowest BCUT2D eigenvalue weighted by atomic mass is 9.91. The van der Waals surface area contributed by atoms with Crippen molar-refractivity contribution in [1.29, 1.82) is 0 Å². The van der Waals surface area contributed by atoms with Gasteiger partial charge in [-0.25, -0.2) is 0 Å². The molecule has 0 aromatic heterocycles. The molecule has 0 bridgehead atoms. The third-order valence-corrected chi connectivity index (χ3v) is 5.75. The lowest BCUT2D eigenvalue weighted by Gasteiger charge is -2.35. The van der Waals surface area contributed by atoms with Gasteiger partial charge in [0.1, 0.15) is 0 Å². The van der Waals surface area contributed by atoms with Crippen molar-refractivity contribution in [3.8, 4) is 11.5 Å². The molecule has 1 amide bonds. The number of piperidine rings is 1. The second-order valence-corrected chi connectivity index (χ2v) is 8.65. The highest BCUT2D eigenvalue weighted by Crippen LogP contribution is 2.42. The molecule has 3 atom stereocenters. The third-order valence-electron chi connectivity index (χ3n) is 5.75. The number of fused-ring (bicyclic) bond motifs is 1. The fourth-order valence-corrected chi connectivity index (χ4v) is 4.55. The van der Waals surface area contributed by atoms with Gasteiger partial charge < -0.3 is 15.2 Å².